The molecular weight excluding hydrogens is 354 g/mol. The predicted octanol–water partition coefficient (Wildman–Crippen LogP) is 4.41. The second-order valence-corrected chi connectivity index (χ2v) is 7.73. The van der Waals surface area contributed by atoms with Crippen LogP contribution in [0.25, 0.3) is 0 Å². The van der Waals surface area contributed by atoms with Gasteiger partial charge in [-0.1, -0.05) is 30.3 Å². The van der Waals surface area contributed by atoms with Crippen molar-refractivity contribution < 1.29 is 9.90 Å². The topological polar surface area (TPSA) is 63.3 Å². The zero-order valence-electron chi connectivity index (χ0n) is 14.7. The van der Waals surface area contributed by atoms with Crippen LogP contribution in [0.3, 0.4) is 0 Å². The lowest BCUT2D eigenvalue weighted by Gasteiger charge is -2.20. The number of carbonyl (C=O) groups is 1. The molecule has 3 N–H and O–H groups in total. The molecular formula is C20H28ClNO2S. The molecule has 3 nitrogen and oxygen atoms in total. The first-order valence-corrected chi connectivity index (χ1v) is 9.42. The van der Waals surface area contributed by atoms with Gasteiger partial charge in [0.1, 0.15) is 0 Å². The standard InChI is InChI=1S/C20H27NO2S.ClH/c1-20(21,15-22)12-11-18-13-17(14-24-18)19(23)10-6-5-9-16-7-3-2-4-8-16;/h2-4,7-8,13-14,22H,5-6,9-12,15,21H2,1H3;1H. The van der Waals surface area contributed by atoms with Crippen molar-refractivity contribution in [3.8, 4) is 0 Å². The molecule has 0 aliphatic carbocycles. The van der Waals surface area contributed by atoms with Gasteiger partial charge in [0.15, 0.2) is 5.78 Å². The van der Waals surface area contributed by atoms with Crippen molar-refractivity contribution >= 4 is 29.5 Å². The van der Waals surface area contributed by atoms with Crippen molar-refractivity contribution in [1.82, 2.24) is 0 Å². The van der Waals surface area contributed by atoms with Crippen molar-refractivity contribution in [3.05, 3.63) is 57.8 Å². The first-order chi connectivity index (χ1) is 11.5. The number of hydrogen-bond donors (Lipinski definition) is 2. The molecule has 0 fully saturated rings. The van der Waals surface area contributed by atoms with Crippen LogP contribution in [0, 0.1) is 0 Å². The number of aliphatic hydroxyl groups is 1. The Hall–Kier alpha value is -1.20. The third kappa shape index (κ3) is 7.70. The third-order valence-electron chi connectivity index (χ3n) is 4.24. The predicted molar refractivity (Wildman–Crippen MR) is 108 cm³/mol. The molecule has 1 aromatic carbocycles. The van der Waals surface area contributed by atoms with Crippen LogP contribution in [0.5, 0.6) is 0 Å². The number of Topliss-reactive ketones (excluding diaryl/α,β-unsaturated/α-hetero) is 1. The zero-order valence-corrected chi connectivity index (χ0v) is 16.4. The third-order valence-corrected chi connectivity index (χ3v) is 5.24. The summed E-state index contributed by atoms with van der Waals surface area (Å²) < 4.78 is 0. The molecule has 0 aliphatic heterocycles. The Morgan fingerprint density at radius 2 is 1.92 bits per heavy atom. The summed E-state index contributed by atoms with van der Waals surface area (Å²) in [4.78, 5) is 13.4. The Morgan fingerprint density at radius 1 is 1.20 bits per heavy atom. The average Bonchev–Trinajstić information content (AvgIpc) is 3.07. The largest absolute Gasteiger partial charge is 0.394 e. The molecule has 1 aromatic heterocycles. The lowest BCUT2D eigenvalue weighted by Crippen LogP contribution is -2.40. The molecule has 2 rings (SSSR count). The number of unbranched alkanes of at least 4 members (excludes halogenated alkanes) is 1. The Bertz CT molecular complexity index is 640. The highest BCUT2D eigenvalue weighted by atomic mass is 35.5. The van der Waals surface area contributed by atoms with E-state index in [1.807, 2.05) is 24.4 Å². The van der Waals surface area contributed by atoms with Gasteiger partial charge < -0.3 is 10.8 Å². The summed E-state index contributed by atoms with van der Waals surface area (Å²) in [5, 5.41) is 11.1. The van der Waals surface area contributed by atoms with E-state index in [0.717, 1.165) is 36.1 Å². The Labute approximate surface area is 160 Å². The number of aryl methyl sites for hydroxylation is 2. The number of hydrogen-bond acceptors (Lipinski definition) is 4. The molecule has 5 heteroatoms. The normalized spacial score (nSPS) is 13.1. The molecule has 0 amide bonds. The van der Waals surface area contributed by atoms with Gasteiger partial charge in [-0.25, -0.2) is 0 Å². The minimum atomic E-state index is -0.550. The zero-order chi connectivity index (χ0) is 17.4. The summed E-state index contributed by atoms with van der Waals surface area (Å²) in [5.41, 5.74) is 7.54. The van der Waals surface area contributed by atoms with E-state index in [0.29, 0.717) is 12.8 Å². The Kier molecular flexibility index (Phi) is 9.36. The number of rotatable bonds is 10. The van der Waals surface area contributed by atoms with Gasteiger partial charge in [0.2, 0.25) is 0 Å². The summed E-state index contributed by atoms with van der Waals surface area (Å²) in [7, 11) is 0. The van der Waals surface area contributed by atoms with Crippen molar-refractivity contribution in [2.45, 2.75) is 51.0 Å². The maximum Gasteiger partial charge on any atom is 0.163 e. The number of benzene rings is 1. The monoisotopic (exact) mass is 381 g/mol. The molecule has 0 saturated heterocycles. The average molecular weight is 382 g/mol. The molecule has 0 saturated carbocycles. The number of carbonyl (C=O) groups excluding carboxylic acids is 1. The van der Waals surface area contributed by atoms with E-state index in [1.54, 1.807) is 11.3 Å². The van der Waals surface area contributed by atoms with E-state index in [2.05, 4.69) is 24.3 Å². The minimum absolute atomic E-state index is 0. The smallest absolute Gasteiger partial charge is 0.163 e. The number of thiophene rings is 1. The van der Waals surface area contributed by atoms with Gasteiger partial charge in [-0.3, -0.25) is 4.79 Å². The van der Waals surface area contributed by atoms with Crippen LogP contribution in [0.15, 0.2) is 41.8 Å². The summed E-state index contributed by atoms with van der Waals surface area (Å²) >= 11 is 1.61. The van der Waals surface area contributed by atoms with Crippen LogP contribution in [-0.4, -0.2) is 23.0 Å². The van der Waals surface area contributed by atoms with Crippen LogP contribution in [-0.2, 0) is 12.8 Å². The van der Waals surface area contributed by atoms with Crippen LogP contribution in [0.1, 0.15) is 53.4 Å². The Balaban J connectivity index is 0.00000312. The van der Waals surface area contributed by atoms with Crippen molar-refractivity contribution in [2.24, 2.45) is 5.73 Å². The van der Waals surface area contributed by atoms with E-state index < -0.39 is 5.54 Å². The molecule has 0 bridgehead atoms. The Morgan fingerprint density at radius 3 is 2.60 bits per heavy atom. The van der Waals surface area contributed by atoms with Gasteiger partial charge in [-0.15, -0.1) is 23.7 Å². The molecule has 0 spiro atoms. The lowest BCUT2D eigenvalue weighted by molar-refractivity contribution is 0.0979. The summed E-state index contributed by atoms with van der Waals surface area (Å²) in [6.07, 6.45) is 5.11. The van der Waals surface area contributed by atoms with E-state index in [1.165, 1.54) is 5.56 Å². The number of ketones is 1. The highest BCUT2D eigenvalue weighted by Crippen LogP contribution is 2.21. The molecule has 0 radical (unpaired) electrons. The SMILES string of the molecule is CC(N)(CO)CCc1cc(C(=O)CCCCc2ccccc2)cs1.Cl. The molecule has 1 atom stereocenters. The van der Waals surface area contributed by atoms with Crippen LogP contribution >= 0.6 is 23.7 Å². The fourth-order valence-electron chi connectivity index (χ4n) is 2.55. The lowest BCUT2D eigenvalue weighted by atomic mass is 9.97. The van der Waals surface area contributed by atoms with Gasteiger partial charge in [0.05, 0.1) is 6.61 Å². The van der Waals surface area contributed by atoms with Crippen LogP contribution in [0.4, 0.5) is 0 Å². The van der Waals surface area contributed by atoms with E-state index in [-0.39, 0.29) is 24.8 Å². The summed E-state index contributed by atoms with van der Waals surface area (Å²) in [6, 6.07) is 12.4. The second-order valence-electron chi connectivity index (χ2n) is 6.73. The van der Waals surface area contributed by atoms with Gasteiger partial charge in [0.25, 0.3) is 0 Å². The van der Waals surface area contributed by atoms with Gasteiger partial charge in [0, 0.05) is 27.8 Å². The highest BCUT2D eigenvalue weighted by Gasteiger charge is 2.17. The molecule has 0 aliphatic rings. The quantitative estimate of drug-likeness (QED) is 0.473. The molecule has 138 valence electrons. The van der Waals surface area contributed by atoms with E-state index in [4.69, 9.17) is 5.73 Å². The fourth-order valence-corrected chi connectivity index (χ4v) is 3.44. The molecule has 2 aromatic rings. The van der Waals surface area contributed by atoms with Crippen molar-refractivity contribution in [3.63, 3.8) is 0 Å². The van der Waals surface area contributed by atoms with E-state index >= 15 is 0 Å². The van der Waals surface area contributed by atoms with Gasteiger partial charge in [-0.2, -0.15) is 0 Å². The van der Waals surface area contributed by atoms with Crippen LogP contribution in [0.2, 0.25) is 0 Å². The van der Waals surface area contributed by atoms with Gasteiger partial charge in [-0.05, 0) is 50.7 Å². The van der Waals surface area contributed by atoms with Crippen molar-refractivity contribution in [2.75, 3.05) is 6.61 Å². The molecule has 1 unspecified atom stereocenters. The van der Waals surface area contributed by atoms with E-state index in [9.17, 15) is 9.90 Å². The highest BCUT2D eigenvalue weighted by molar-refractivity contribution is 7.10. The maximum absolute atomic E-state index is 12.3. The number of halogens is 1. The first-order valence-electron chi connectivity index (χ1n) is 8.54. The van der Waals surface area contributed by atoms with Crippen LogP contribution < -0.4 is 5.73 Å². The second kappa shape index (κ2) is 10.7. The minimum Gasteiger partial charge on any atom is -0.394 e. The summed E-state index contributed by atoms with van der Waals surface area (Å²) in [5.74, 6) is 0.225. The van der Waals surface area contributed by atoms with Crippen molar-refractivity contribution in [1.29, 1.82) is 0 Å². The number of aliphatic hydroxyl groups excluding tert-OH is 1. The maximum atomic E-state index is 12.3. The molecule has 25 heavy (non-hydrogen) atoms. The van der Waals surface area contributed by atoms with Gasteiger partial charge >= 0.3 is 0 Å². The first kappa shape index (κ1) is 21.8. The number of nitrogens with two attached hydrogens (primary N) is 1. The summed E-state index contributed by atoms with van der Waals surface area (Å²) in [6.45, 7) is 1.82. The fraction of sp³-hybridized carbons (Fsp3) is 0.450. The molecule has 1 heterocycles.